The Kier molecular flexibility index (Phi) is 4.95. The largest absolute Gasteiger partial charge is 0.375 e. The summed E-state index contributed by atoms with van der Waals surface area (Å²) in [6.07, 6.45) is 0. The van der Waals surface area contributed by atoms with Gasteiger partial charge in [0.15, 0.2) is 0 Å². The second-order valence-electron chi connectivity index (χ2n) is 4.62. The zero-order valence-corrected chi connectivity index (χ0v) is 13.5. The van der Waals surface area contributed by atoms with Crippen molar-refractivity contribution in [1.82, 2.24) is 0 Å². The van der Waals surface area contributed by atoms with E-state index in [1.807, 2.05) is 18.4 Å². The van der Waals surface area contributed by atoms with E-state index in [9.17, 15) is 27.3 Å². The maximum Gasteiger partial charge on any atom is 0.341 e. The van der Waals surface area contributed by atoms with Crippen molar-refractivity contribution >= 4 is 32.5 Å². The fourth-order valence-corrected chi connectivity index (χ4v) is 3.44. The van der Waals surface area contributed by atoms with E-state index in [0.717, 1.165) is 22.6 Å². The van der Waals surface area contributed by atoms with Crippen molar-refractivity contribution in [3.63, 3.8) is 0 Å². The maximum absolute atomic E-state index is 12.5. The summed E-state index contributed by atoms with van der Waals surface area (Å²) in [5.74, 6) is -3.63. The molecule has 0 aliphatic rings. The number of sulfone groups is 1. The average Bonchev–Trinajstić information content (AvgIpc) is 2.89. The minimum Gasteiger partial charge on any atom is -0.375 e. The van der Waals surface area contributed by atoms with Crippen molar-refractivity contribution in [2.24, 2.45) is 0 Å². The number of aryl methyl sites for hydroxylation is 1. The van der Waals surface area contributed by atoms with Crippen LogP contribution in [0.4, 0.5) is 20.2 Å². The van der Waals surface area contributed by atoms with Gasteiger partial charge in [0.2, 0.25) is 9.84 Å². The molecule has 0 amide bonds. The number of benzene rings is 1. The van der Waals surface area contributed by atoms with Gasteiger partial charge in [-0.3, -0.25) is 10.1 Å². The zero-order chi connectivity index (χ0) is 17.2. The van der Waals surface area contributed by atoms with Crippen molar-refractivity contribution in [2.75, 3.05) is 5.32 Å². The van der Waals surface area contributed by atoms with Gasteiger partial charge in [0, 0.05) is 17.5 Å². The van der Waals surface area contributed by atoms with Crippen LogP contribution in [0.5, 0.6) is 0 Å². The molecule has 1 aromatic heterocycles. The molecular weight excluding hydrogens is 350 g/mol. The Hall–Kier alpha value is -2.07. The summed E-state index contributed by atoms with van der Waals surface area (Å²) in [5, 5.41) is 15.8. The van der Waals surface area contributed by atoms with Crippen molar-refractivity contribution < 1.29 is 22.1 Å². The molecule has 0 atom stereocenters. The van der Waals surface area contributed by atoms with Crippen LogP contribution < -0.4 is 5.32 Å². The van der Waals surface area contributed by atoms with Crippen LogP contribution >= 0.6 is 11.3 Å². The van der Waals surface area contributed by atoms with Crippen LogP contribution in [0.25, 0.3) is 0 Å². The van der Waals surface area contributed by atoms with Crippen LogP contribution in [0.1, 0.15) is 10.4 Å². The molecule has 2 rings (SSSR count). The van der Waals surface area contributed by atoms with Gasteiger partial charge in [0.05, 0.1) is 9.82 Å². The second kappa shape index (κ2) is 6.59. The Morgan fingerprint density at radius 3 is 2.57 bits per heavy atom. The number of nitro benzene ring substituents is 1. The van der Waals surface area contributed by atoms with E-state index < -0.39 is 31.1 Å². The summed E-state index contributed by atoms with van der Waals surface area (Å²) < 4.78 is 47.9. The first-order valence-corrected chi connectivity index (χ1v) is 8.73. The number of hydrogen-bond donors (Lipinski definition) is 1. The average molecular weight is 362 g/mol. The van der Waals surface area contributed by atoms with Gasteiger partial charge in [-0.25, -0.2) is 8.42 Å². The topological polar surface area (TPSA) is 89.3 Å². The molecule has 0 spiro atoms. The molecule has 23 heavy (non-hydrogen) atoms. The first-order valence-electron chi connectivity index (χ1n) is 6.31. The summed E-state index contributed by atoms with van der Waals surface area (Å²) >= 11 is 1.47. The van der Waals surface area contributed by atoms with Gasteiger partial charge in [-0.15, -0.1) is 11.3 Å². The molecule has 0 aliphatic heterocycles. The number of alkyl halides is 2. The van der Waals surface area contributed by atoms with E-state index in [1.54, 1.807) is 0 Å². The molecule has 0 saturated carbocycles. The van der Waals surface area contributed by atoms with E-state index in [0.29, 0.717) is 12.6 Å². The third-order valence-electron chi connectivity index (χ3n) is 3.14. The van der Waals surface area contributed by atoms with Gasteiger partial charge < -0.3 is 5.32 Å². The number of halogens is 2. The SMILES string of the molecule is Cc1ccsc1CNc1ccc(S(=O)(=O)C(F)F)cc1[N+](=O)[O-]. The molecule has 1 heterocycles. The number of nitrogens with one attached hydrogen (secondary N) is 1. The van der Waals surface area contributed by atoms with Crippen LogP contribution in [0.15, 0.2) is 34.5 Å². The number of nitro groups is 1. The van der Waals surface area contributed by atoms with Crippen LogP contribution in [0.2, 0.25) is 0 Å². The highest BCUT2D eigenvalue weighted by Crippen LogP contribution is 2.30. The monoisotopic (exact) mass is 362 g/mol. The molecule has 0 unspecified atom stereocenters. The summed E-state index contributed by atoms with van der Waals surface area (Å²) in [6.45, 7) is 2.20. The van der Waals surface area contributed by atoms with Crippen molar-refractivity contribution in [2.45, 2.75) is 24.1 Å². The minimum atomic E-state index is -4.88. The summed E-state index contributed by atoms with van der Waals surface area (Å²) in [7, 11) is -4.88. The molecule has 0 aliphatic carbocycles. The summed E-state index contributed by atoms with van der Waals surface area (Å²) in [4.78, 5) is 10.5. The van der Waals surface area contributed by atoms with Crippen LogP contribution in [-0.2, 0) is 16.4 Å². The molecule has 0 bridgehead atoms. The normalized spacial score (nSPS) is 11.7. The molecule has 0 saturated heterocycles. The standard InChI is InChI=1S/C13H12F2N2O4S2/c1-8-4-5-22-12(8)7-16-10-3-2-9(6-11(10)17(18)19)23(20,21)13(14)15/h2-6,13,16H,7H2,1H3. The van der Waals surface area contributed by atoms with Crippen LogP contribution in [0, 0.1) is 17.0 Å². The lowest BCUT2D eigenvalue weighted by Gasteiger charge is -2.09. The Bertz CT molecular complexity index is 834. The highest BCUT2D eigenvalue weighted by atomic mass is 32.2. The lowest BCUT2D eigenvalue weighted by atomic mass is 10.2. The third kappa shape index (κ3) is 3.64. The Morgan fingerprint density at radius 2 is 2.04 bits per heavy atom. The molecule has 0 radical (unpaired) electrons. The van der Waals surface area contributed by atoms with Crippen LogP contribution in [-0.4, -0.2) is 19.1 Å². The van der Waals surface area contributed by atoms with Gasteiger partial charge in [0.1, 0.15) is 5.69 Å². The van der Waals surface area contributed by atoms with Gasteiger partial charge in [-0.1, -0.05) is 0 Å². The summed E-state index contributed by atoms with van der Waals surface area (Å²) in [5.41, 5.74) is 0.513. The van der Waals surface area contributed by atoms with Crippen LogP contribution in [0.3, 0.4) is 0 Å². The smallest absolute Gasteiger partial charge is 0.341 e. The van der Waals surface area contributed by atoms with E-state index in [-0.39, 0.29) is 5.69 Å². The Balaban J connectivity index is 2.34. The van der Waals surface area contributed by atoms with Gasteiger partial charge >= 0.3 is 5.76 Å². The Labute approximate surface area is 134 Å². The minimum absolute atomic E-state index is 0.0658. The molecular formula is C13H12F2N2O4S2. The molecule has 0 fully saturated rings. The fraction of sp³-hybridized carbons (Fsp3) is 0.231. The maximum atomic E-state index is 12.5. The first-order chi connectivity index (χ1) is 10.7. The molecule has 1 N–H and O–H groups in total. The molecule has 2 aromatic rings. The van der Waals surface area contributed by atoms with Crippen molar-refractivity contribution in [1.29, 1.82) is 0 Å². The molecule has 6 nitrogen and oxygen atoms in total. The van der Waals surface area contributed by atoms with Gasteiger partial charge in [-0.05, 0) is 36.1 Å². The van der Waals surface area contributed by atoms with Crippen molar-refractivity contribution in [3.05, 3.63) is 50.2 Å². The molecule has 10 heteroatoms. The molecule has 1 aromatic carbocycles. The number of hydrogen-bond acceptors (Lipinski definition) is 6. The highest BCUT2D eigenvalue weighted by Gasteiger charge is 2.29. The summed E-state index contributed by atoms with van der Waals surface area (Å²) in [6, 6.07) is 4.59. The van der Waals surface area contributed by atoms with E-state index in [2.05, 4.69) is 5.32 Å². The fourth-order valence-electron chi connectivity index (χ4n) is 1.85. The molecule has 124 valence electrons. The predicted molar refractivity (Wildman–Crippen MR) is 82.7 cm³/mol. The Morgan fingerprint density at radius 1 is 1.35 bits per heavy atom. The van der Waals surface area contributed by atoms with Crippen molar-refractivity contribution in [3.8, 4) is 0 Å². The van der Waals surface area contributed by atoms with E-state index in [4.69, 9.17) is 0 Å². The second-order valence-corrected chi connectivity index (χ2v) is 7.54. The third-order valence-corrected chi connectivity index (χ3v) is 5.54. The van der Waals surface area contributed by atoms with E-state index in [1.165, 1.54) is 11.3 Å². The lowest BCUT2D eigenvalue weighted by Crippen LogP contribution is -2.12. The lowest BCUT2D eigenvalue weighted by molar-refractivity contribution is -0.384. The number of anilines is 1. The predicted octanol–water partition coefficient (Wildman–Crippen LogP) is 3.57. The number of thiophene rings is 1. The highest BCUT2D eigenvalue weighted by molar-refractivity contribution is 7.91. The number of rotatable bonds is 6. The quantitative estimate of drug-likeness (QED) is 0.627. The van der Waals surface area contributed by atoms with Gasteiger partial charge in [-0.2, -0.15) is 8.78 Å². The first kappa shape index (κ1) is 17.3. The zero-order valence-electron chi connectivity index (χ0n) is 11.8. The van der Waals surface area contributed by atoms with E-state index >= 15 is 0 Å². The number of nitrogens with zero attached hydrogens (tertiary/aromatic N) is 1. The van der Waals surface area contributed by atoms with Gasteiger partial charge in [0.25, 0.3) is 5.69 Å².